The monoisotopic (exact) mass is 450 g/mol. The fraction of sp³-hybridized carbons (Fsp3) is 0.167. The largest absolute Gasteiger partial charge is 0.345 e. The average Bonchev–Trinajstić information content (AvgIpc) is 2.71. The lowest BCUT2D eigenvalue weighted by molar-refractivity contribution is -0.116. The van der Waals surface area contributed by atoms with Gasteiger partial charge >= 0.3 is 0 Å². The Bertz CT molecular complexity index is 981. The number of halogens is 1. The lowest BCUT2D eigenvalue weighted by Crippen LogP contribution is -2.31. The van der Waals surface area contributed by atoms with Gasteiger partial charge in [-0.15, -0.1) is 0 Å². The summed E-state index contributed by atoms with van der Waals surface area (Å²) in [5, 5.41) is 6.01. The smallest absolute Gasteiger partial charge is 0.251 e. The van der Waals surface area contributed by atoms with Crippen LogP contribution in [0.25, 0.3) is 0 Å². The summed E-state index contributed by atoms with van der Waals surface area (Å²) >= 11 is 3.47. The van der Waals surface area contributed by atoms with Gasteiger partial charge in [-0.1, -0.05) is 64.5 Å². The summed E-state index contributed by atoms with van der Waals surface area (Å²) in [7, 11) is 0. The first kappa shape index (κ1) is 20.8. The Hall–Kier alpha value is -2.92. The standard InChI is InChI=1S/C24H23BrN2O2/c1-16-13-20(25)14-17(2)23(16)27-22(28)15-21(18-9-5-3-6-10-18)26-24(29)19-11-7-4-8-12-19/h3-14,21H,15H2,1-2H3,(H,26,29)(H,27,28)/t21-/m0/s1. The van der Waals surface area contributed by atoms with Crippen LogP contribution in [0.15, 0.2) is 77.3 Å². The Balaban J connectivity index is 1.78. The maximum Gasteiger partial charge on any atom is 0.251 e. The molecule has 0 aliphatic heterocycles. The Morgan fingerprint density at radius 3 is 2.03 bits per heavy atom. The molecule has 0 unspecified atom stereocenters. The van der Waals surface area contributed by atoms with Crippen LogP contribution in [0.3, 0.4) is 0 Å². The number of hydrogen-bond acceptors (Lipinski definition) is 2. The van der Waals surface area contributed by atoms with E-state index in [0.29, 0.717) is 5.56 Å². The fourth-order valence-corrected chi connectivity index (χ4v) is 3.94. The van der Waals surface area contributed by atoms with Crippen molar-refractivity contribution < 1.29 is 9.59 Å². The number of carbonyl (C=O) groups is 2. The zero-order chi connectivity index (χ0) is 20.8. The predicted octanol–water partition coefficient (Wildman–Crippen LogP) is 5.57. The van der Waals surface area contributed by atoms with Crippen molar-refractivity contribution >= 4 is 33.4 Å². The molecule has 148 valence electrons. The molecule has 1 atom stereocenters. The van der Waals surface area contributed by atoms with E-state index < -0.39 is 6.04 Å². The zero-order valence-corrected chi connectivity index (χ0v) is 18.0. The highest BCUT2D eigenvalue weighted by molar-refractivity contribution is 9.10. The third kappa shape index (κ3) is 5.55. The van der Waals surface area contributed by atoms with Gasteiger partial charge in [-0.05, 0) is 54.8 Å². The molecule has 0 aliphatic rings. The first-order valence-corrected chi connectivity index (χ1v) is 10.2. The van der Waals surface area contributed by atoms with Crippen LogP contribution in [0.4, 0.5) is 5.69 Å². The molecule has 0 aromatic heterocycles. The maximum absolute atomic E-state index is 12.8. The molecule has 0 heterocycles. The number of nitrogens with one attached hydrogen (secondary N) is 2. The molecule has 0 spiro atoms. The molecule has 3 aromatic rings. The number of amides is 2. The Morgan fingerprint density at radius 1 is 0.897 bits per heavy atom. The summed E-state index contributed by atoms with van der Waals surface area (Å²) < 4.78 is 0.975. The zero-order valence-electron chi connectivity index (χ0n) is 16.4. The van der Waals surface area contributed by atoms with Crippen molar-refractivity contribution in [3.63, 3.8) is 0 Å². The fourth-order valence-electron chi connectivity index (χ4n) is 3.25. The van der Waals surface area contributed by atoms with Gasteiger partial charge in [0, 0.05) is 15.7 Å². The highest BCUT2D eigenvalue weighted by Gasteiger charge is 2.20. The molecule has 0 radical (unpaired) electrons. The summed E-state index contributed by atoms with van der Waals surface area (Å²) in [6.45, 7) is 3.92. The van der Waals surface area contributed by atoms with Gasteiger partial charge < -0.3 is 10.6 Å². The van der Waals surface area contributed by atoms with E-state index in [1.165, 1.54) is 0 Å². The molecule has 0 fully saturated rings. The van der Waals surface area contributed by atoms with E-state index >= 15 is 0 Å². The minimum absolute atomic E-state index is 0.136. The van der Waals surface area contributed by atoms with Crippen molar-refractivity contribution in [3.8, 4) is 0 Å². The normalized spacial score (nSPS) is 11.6. The van der Waals surface area contributed by atoms with Crippen molar-refractivity contribution in [2.24, 2.45) is 0 Å². The first-order chi connectivity index (χ1) is 13.9. The minimum Gasteiger partial charge on any atom is -0.345 e. The van der Waals surface area contributed by atoms with Gasteiger partial charge in [0.05, 0.1) is 12.5 Å². The van der Waals surface area contributed by atoms with E-state index in [9.17, 15) is 9.59 Å². The van der Waals surface area contributed by atoms with Gasteiger partial charge in [-0.2, -0.15) is 0 Å². The van der Waals surface area contributed by atoms with Crippen LogP contribution < -0.4 is 10.6 Å². The van der Waals surface area contributed by atoms with E-state index in [1.807, 2.05) is 74.5 Å². The van der Waals surface area contributed by atoms with Crippen LogP contribution in [-0.4, -0.2) is 11.8 Å². The van der Waals surface area contributed by atoms with Crippen molar-refractivity contribution in [1.29, 1.82) is 0 Å². The molecule has 0 saturated carbocycles. The molecule has 29 heavy (non-hydrogen) atoms. The summed E-state index contributed by atoms with van der Waals surface area (Å²) in [6.07, 6.45) is 0.136. The predicted molar refractivity (Wildman–Crippen MR) is 120 cm³/mol. The highest BCUT2D eigenvalue weighted by Crippen LogP contribution is 2.26. The molecule has 0 saturated heterocycles. The number of benzene rings is 3. The summed E-state index contributed by atoms with van der Waals surface area (Å²) in [4.78, 5) is 25.5. The van der Waals surface area contributed by atoms with E-state index in [0.717, 1.165) is 26.9 Å². The van der Waals surface area contributed by atoms with Crippen LogP contribution in [0, 0.1) is 13.8 Å². The van der Waals surface area contributed by atoms with E-state index in [1.54, 1.807) is 12.1 Å². The molecule has 2 N–H and O–H groups in total. The Kier molecular flexibility index (Phi) is 6.83. The summed E-state index contributed by atoms with van der Waals surface area (Å²) in [6, 6.07) is 22.1. The second-order valence-corrected chi connectivity index (χ2v) is 7.89. The van der Waals surface area contributed by atoms with E-state index in [2.05, 4.69) is 26.6 Å². The second kappa shape index (κ2) is 9.52. The summed E-state index contributed by atoms with van der Waals surface area (Å²) in [5.74, 6) is -0.357. The van der Waals surface area contributed by atoms with Crippen molar-refractivity contribution in [3.05, 3.63) is 99.5 Å². The van der Waals surface area contributed by atoms with Crippen molar-refractivity contribution in [2.75, 3.05) is 5.32 Å². The Labute approximate surface area is 179 Å². The topological polar surface area (TPSA) is 58.2 Å². The maximum atomic E-state index is 12.8. The Morgan fingerprint density at radius 2 is 1.45 bits per heavy atom. The van der Waals surface area contributed by atoms with Gasteiger partial charge in [0.1, 0.15) is 0 Å². The molecular weight excluding hydrogens is 428 g/mol. The van der Waals surface area contributed by atoms with Crippen LogP contribution in [0.5, 0.6) is 0 Å². The minimum atomic E-state index is -0.431. The lowest BCUT2D eigenvalue weighted by atomic mass is 10.0. The van der Waals surface area contributed by atoms with Crippen molar-refractivity contribution in [1.82, 2.24) is 5.32 Å². The molecule has 4 nitrogen and oxygen atoms in total. The van der Waals surface area contributed by atoms with Crippen molar-refractivity contribution in [2.45, 2.75) is 26.3 Å². The molecule has 2 amide bonds. The third-order valence-corrected chi connectivity index (χ3v) is 5.15. The van der Waals surface area contributed by atoms with Crippen LogP contribution >= 0.6 is 15.9 Å². The van der Waals surface area contributed by atoms with Gasteiger partial charge in [0.15, 0.2) is 0 Å². The van der Waals surface area contributed by atoms with E-state index in [-0.39, 0.29) is 18.2 Å². The average molecular weight is 451 g/mol. The molecule has 3 aromatic carbocycles. The molecule has 0 aliphatic carbocycles. The van der Waals surface area contributed by atoms with Crippen LogP contribution in [-0.2, 0) is 4.79 Å². The van der Waals surface area contributed by atoms with Crippen LogP contribution in [0.2, 0.25) is 0 Å². The van der Waals surface area contributed by atoms with Gasteiger partial charge in [0.25, 0.3) is 5.91 Å². The molecular formula is C24H23BrN2O2. The number of carbonyl (C=O) groups excluding carboxylic acids is 2. The number of hydrogen-bond donors (Lipinski definition) is 2. The van der Waals surface area contributed by atoms with Crippen LogP contribution in [0.1, 0.15) is 39.5 Å². The molecule has 5 heteroatoms. The molecule has 3 rings (SSSR count). The third-order valence-electron chi connectivity index (χ3n) is 4.69. The quantitative estimate of drug-likeness (QED) is 0.515. The van der Waals surface area contributed by atoms with Gasteiger partial charge in [-0.25, -0.2) is 0 Å². The SMILES string of the molecule is Cc1cc(Br)cc(C)c1NC(=O)C[C@H](NC(=O)c1ccccc1)c1ccccc1. The molecule has 0 bridgehead atoms. The highest BCUT2D eigenvalue weighted by atomic mass is 79.9. The summed E-state index contributed by atoms with van der Waals surface area (Å²) in [5.41, 5.74) is 4.22. The number of anilines is 1. The first-order valence-electron chi connectivity index (χ1n) is 9.41. The number of aryl methyl sites for hydroxylation is 2. The second-order valence-electron chi connectivity index (χ2n) is 6.97. The lowest BCUT2D eigenvalue weighted by Gasteiger charge is -2.20. The van der Waals surface area contributed by atoms with Gasteiger partial charge in [0.2, 0.25) is 5.91 Å². The van der Waals surface area contributed by atoms with E-state index in [4.69, 9.17) is 0 Å². The number of rotatable bonds is 6. The van der Waals surface area contributed by atoms with Gasteiger partial charge in [-0.3, -0.25) is 9.59 Å².